The van der Waals surface area contributed by atoms with Crippen LogP contribution in [0.4, 0.5) is 4.79 Å². The van der Waals surface area contributed by atoms with Gasteiger partial charge in [-0.25, -0.2) is 4.79 Å². The van der Waals surface area contributed by atoms with Crippen LogP contribution in [-0.2, 0) is 4.74 Å². The minimum absolute atomic E-state index is 0.326. The minimum atomic E-state index is -0.419. The van der Waals surface area contributed by atoms with Gasteiger partial charge in [0.15, 0.2) is 0 Å². The molecule has 0 unspecified atom stereocenters. The third-order valence-corrected chi connectivity index (χ3v) is 2.65. The zero-order valence-corrected chi connectivity index (χ0v) is 10.8. The van der Waals surface area contributed by atoms with E-state index in [-0.39, 0.29) is 6.09 Å². The third kappa shape index (κ3) is 5.35. The number of carbonyl (C=O) groups is 1. The van der Waals surface area contributed by atoms with Crippen LogP contribution in [-0.4, -0.2) is 30.8 Å². The highest BCUT2D eigenvalue weighted by Crippen LogP contribution is 2.14. The first-order chi connectivity index (χ1) is 7.37. The first kappa shape index (κ1) is 13.3. The molecule has 1 heterocycles. The van der Waals surface area contributed by atoms with Gasteiger partial charge in [-0.1, -0.05) is 6.92 Å². The van der Waals surface area contributed by atoms with Crippen molar-refractivity contribution in [2.24, 2.45) is 5.92 Å². The molecule has 1 saturated heterocycles. The molecule has 4 nitrogen and oxygen atoms in total. The lowest BCUT2D eigenvalue weighted by Crippen LogP contribution is -2.46. The second-order valence-corrected chi connectivity index (χ2v) is 5.66. The van der Waals surface area contributed by atoms with E-state index in [1.807, 2.05) is 20.8 Å². The Morgan fingerprint density at radius 3 is 2.75 bits per heavy atom. The monoisotopic (exact) mass is 228 g/mol. The number of amides is 1. The van der Waals surface area contributed by atoms with Crippen molar-refractivity contribution in [1.29, 1.82) is 0 Å². The highest BCUT2D eigenvalue weighted by Gasteiger charge is 2.20. The average Bonchev–Trinajstić information content (AvgIpc) is 2.12. The van der Waals surface area contributed by atoms with E-state index in [1.165, 1.54) is 6.42 Å². The van der Waals surface area contributed by atoms with E-state index in [0.717, 1.165) is 18.9 Å². The molecule has 0 aliphatic carbocycles. The Labute approximate surface area is 98.1 Å². The molecule has 1 rings (SSSR count). The predicted octanol–water partition coefficient (Wildman–Crippen LogP) is 1.90. The summed E-state index contributed by atoms with van der Waals surface area (Å²) in [5.41, 5.74) is -0.419. The SMILES string of the molecule is C[C@@H]1CCN[C@@H](CNC(=O)OC(C)(C)C)C1. The molecule has 1 aliphatic heterocycles. The van der Waals surface area contributed by atoms with Gasteiger partial charge in [0, 0.05) is 12.6 Å². The van der Waals surface area contributed by atoms with Gasteiger partial charge in [-0.2, -0.15) is 0 Å². The fourth-order valence-corrected chi connectivity index (χ4v) is 1.90. The van der Waals surface area contributed by atoms with Crippen molar-refractivity contribution >= 4 is 6.09 Å². The highest BCUT2D eigenvalue weighted by molar-refractivity contribution is 5.67. The molecular weight excluding hydrogens is 204 g/mol. The fraction of sp³-hybridized carbons (Fsp3) is 0.917. The number of alkyl carbamates (subject to hydrolysis) is 1. The van der Waals surface area contributed by atoms with Crippen LogP contribution in [0, 0.1) is 5.92 Å². The van der Waals surface area contributed by atoms with Crippen LogP contribution in [0.3, 0.4) is 0 Å². The number of piperidine rings is 1. The van der Waals surface area contributed by atoms with Crippen molar-refractivity contribution in [3.05, 3.63) is 0 Å². The molecule has 0 aromatic heterocycles. The molecule has 4 heteroatoms. The van der Waals surface area contributed by atoms with Gasteiger partial charge < -0.3 is 15.4 Å². The van der Waals surface area contributed by atoms with Crippen LogP contribution in [0.15, 0.2) is 0 Å². The Balaban J connectivity index is 2.21. The van der Waals surface area contributed by atoms with Crippen LogP contribution in [0.25, 0.3) is 0 Å². The van der Waals surface area contributed by atoms with Gasteiger partial charge in [-0.15, -0.1) is 0 Å². The van der Waals surface area contributed by atoms with Gasteiger partial charge in [-0.3, -0.25) is 0 Å². The summed E-state index contributed by atoms with van der Waals surface area (Å²) in [5, 5.41) is 6.20. The molecule has 1 amide bonds. The zero-order valence-electron chi connectivity index (χ0n) is 10.8. The number of hydrogen-bond acceptors (Lipinski definition) is 3. The van der Waals surface area contributed by atoms with Gasteiger partial charge in [0.05, 0.1) is 0 Å². The molecule has 0 radical (unpaired) electrons. The van der Waals surface area contributed by atoms with Gasteiger partial charge >= 0.3 is 6.09 Å². The quantitative estimate of drug-likeness (QED) is 0.759. The first-order valence-corrected chi connectivity index (χ1v) is 6.07. The number of rotatable bonds is 2. The predicted molar refractivity (Wildman–Crippen MR) is 64.4 cm³/mol. The molecule has 0 saturated carbocycles. The van der Waals surface area contributed by atoms with Crippen LogP contribution in [0.1, 0.15) is 40.5 Å². The summed E-state index contributed by atoms with van der Waals surface area (Å²) < 4.78 is 5.18. The summed E-state index contributed by atoms with van der Waals surface area (Å²) in [6, 6.07) is 0.385. The Bertz CT molecular complexity index is 236. The molecular formula is C12H24N2O2. The van der Waals surface area contributed by atoms with Crippen LogP contribution in [0.5, 0.6) is 0 Å². The smallest absolute Gasteiger partial charge is 0.407 e. The molecule has 2 N–H and O–H groups in total. The fourth-order valence-electron chi connectivity index (χ4n) is 1.90. The summed E-state index contributed by atoms with van der Waals surface area (Å²) in [6.45, 7) is 9.55. The number of nitrogens with one attached hydrogen (secondary N) is 2. The van der Waals surface area contributed by atoms with Crippen LogP contribution < -0.4 is 10.6 Å². The normalized spacial score (nSPS) is 26.2. The van der Waals surface area contributed by atoms with E-state index < -0.39 is 5.60 Å². The first-order valence-electron chi connectivity index (χ1n) is 6.07. The molecule has 16 heavy (non-hydrogen) atoms. The van der Waals surface area contributed by atoms with E-state index in [9.17, 15) is 4.79 Å². The molecule has 2 atom stereocenters. The molecule has 94 valence electrons. The van der Waals surface area contributed by atoms with E-state index >= 15 is 0 Å². The summed E-state index contributed by atoms with van der Waals surface area (Å²) in [5.74, 6) is 0.742. The van der Waals surface area contributed by atoms with E-state index in [0.29, 0.717) is 12.6 Å². The van der Waals surface area contributed by atoms with Crippen LogP contribution >= 0.6 is 0 Å². The molecule has 0 bridgehead atoms. The Kier molecular flexibility index (Phi) is 4.59. The number of ether oxygens (including phenoxy) is 1. The van der Waals surface area contributed by atoms with Gasteiger partial charge in [0.2, 0.25) is 0 Å². The number of carbonyl (C=O) groups excluding carboxylic acids is 1. The standard InChI is InChI=1S/C12H24N2O2/c1-9-5-6-13-10(7-9)8-14-11(15)16-12(2,3)4/h9-10,13H,5-8H2,1-4H3,(H,14,15)/t9-,10-/m1/s1. The second-order valence-electron chi connectivity index (χ2n) is 5.66. The molecule has 0 aromatic rings. The molecule has 1 fully saturated rings. The van der Waals surface area contributed by atoms with Crippen molar-refractivity contribution in [3.63, 3.8) is 0 Å². The lowest BCUT2D eigenvalue weighted by Gasteiger charge is -2.28. The largest absolute Gasteiger partial charge is 0.444 e. The van der Waals surface area contributed by atoms with Gasteiger partial charge in [-0.05, 0) is 46.1 Å². The Morgan fingerprint density at radius 1 is 1.50 bits per heavy atom. The van der Waals surface area contributed by atoms with Gasteiger partial charge in [0.25, 0.3) is 0 Å². The molecule has 0 spiro atoms. The molecule has 1 aliphatic rings. The Morgan fingerprint density at radius 2 is 2.19 bits per heavy atom. The summed E-state index contributed by atoms with van der Waals surface area (Å²) in [6.07, 6.45) is 2.02. The maximum Gasteiger partial charge on any atom is 0.407 e. The van der Waals surface area contributed by atoms with Crippen molar-refractivity contribution in [3.8, 4) is 0 Å². The lowest BCUT2D eigenvalue weighted by atomic mass is 9.94. The van der Waals surface area contributed by atoms with E-state index in [2.05, 4.69) is 17.6 Å². The third-order valence-electron chi connectivity index (χ3n) is 2.65. The zero-order chi connectivity index (χ0) is 12.2. The van der Waals surface area contributed by atoms with Gasteiger partial charge in [0.1, 0.15) is 5.60 Å². The minimum Gasteiger partial charge on any atom is -0.444 e. The van der Waals surface area contributed by atoms with Crippen LogP contribution in [0.2, 0.25) is 0 Å². The van der Waals surface area contributed by atoms with E-state index in [1.54, 1.807) is 0 Å². The summed E-state index contributed by atoms with van der Waals surface area (Å²) in [4.78, 5) is 11.4. The maximum absolute atomic E-state index is 11.4. The lowest BCUT2D eigenvalue weighted by molar-refractivity contribution is 0.0519. The number of hydrogen-bond donors (Lipinski definition) is 2. The van der Waals surface area contributed by atoms with Crippen molar-refractivity contribution in [2.75, 3.05) is 13.1 Å². The average molecular weight is 228 g/mol. The highest BCUT2D eigenvalue weighted by atomic mass is 16.6. The topological polar surface area (TPSA) is 50.4 Å². The summed E-state index contributed by atoms with van der Waals surface area (Å²) >= 11 is 0. The maximum atomic E-state index is 11.4. The van der Waals surface area contributed by atoms with Crippen molar-refractivity contribution in [1.82, 2.24) is 10.6 Å². The molecule has 0 aromatic carbocycles. The van der Waals surface area contributed by atoms with Crippen molar-refractivity contribution in [2.45, 2.75) is 52.2 Å². The Hall–Kier alpha value is -0.770. The van der Waals surface area contributed by atoms with E-state index in [4.69, 9.17) is 4.74 Å². The summed E-state index contributed by atoms with van der Waals surface area (Å²) in [7, 11) is 0. The second kappa shape index (κ2) is 5.53. The van der Waals surface area contributed by atoms with Crippen molar-refractivity contribution < 1.29 is 9.53 Å².